The molecule has 0 radical (unpaired) electrons. The van der Waals surface area contributed by atoms with Gasteiger partial charge in [-0.2, -0.15) is 0 Å². The first-order chi connectivity index (χ1) is 15.2. The van der Waals surface area contributed by atoms with E-state index in [4.69, 9.17) is 18.9 Å². The van der Waals surface area contributed by atoms with Crippen LogP contribution in [0.15, 0.2) is 17.1 Å². The van der Waals surface area contributed by atoms with Gasteiger partial charge in [-0.15, -0.1) is 24.0 Å². The van der Waals surface area contributed by atoms with E-state index in [0.29, 0.717) is 12.0 Å². The summed E-state index contributed by atoms with van der Waals surface area (Å²) >= 11 is 0. The lowest BCUT2D eigenvalue weighted by atomic mass is 10.0. The van der Waals surface area contributed by atoms with Crippen LogP contribution in [0, 0.1) is 5.92 Å². The van der Waals surface area contributed by atoms with Gasteiger partial charge in [-0.25, -0.2) is 0 Å². The molecule has 2 aliphatic rings. The summed E-state index contributed by atoms with van der Waals surface area (Å²) in [5, 5.41) is 7.02. The van der Waals surface area contributed by atoms with E-state index >= 15 is 0 Å². The van der Waals surface area contributed by atoms with Crippen molar-refractivity contribution in [2.75, 3.05) is 67.8 Å². The van der Waals surface area contributed by atoms with Gasteiger partial charge in [-0.05, 0) is 31.6 Å². The zero-order chi connectivity index (χ0) is 22.1. The Morgan fingerprint density at radius 3 is 2.31 bits per heavy atom. The van der Waals surface area contributed by atoms with E-state index in [0.717, 1.165) is 80.9 Å². The van der Waals surface area contributed by atoms with Crippen molar-refractivity contribution in [2.45, 2.75) is 31.7 Å². The molecule has 1 atom stereocenters. The van der Waals surface area contributed by atoms with E-state index in [-0.39, 0.29) is 24.0 Å². The maximum absolute atomic E-state index is 5.55. The third-order valence-electron chi connectivity index (χ3n) is 6.18. The number of likely N-dealkylation sites (tertiary alicyclic amines) is 1. The summed E-state index contributed by atoms with van der Waals surface area (Å²) in [5.41, 5.74) is 1.01. The zero-order valence-electron chi connectivity index (χ0n) is 19.8. The molecule has 2 N–H and O–H groups in total. The fourth-order valence-electron chi connectivity index (χ4n) is 4.37. The van der Waals surface area contributed by atoms with Crippen molar-refractivity contribution in [3.63, 3.8) is 0 Å². The number of nitrogens with one attached hydrogen (secondary N) is 2. The third kappa shape index (κ3) is 7.55. The number of piperidine rings is 1. The molecular weight excluding hydrogens is 523 g/mol. The standard InChI is InChI=1S/C23H38N4O4.HI/c1-24-23(26-18-6-10-27(11-7-18)15-17-8-12-31-16-17)25-9-5-20-21(29-3)13-19(28-2)14-22(20)30-4;/h13-14,17-18H,5-12,15-16H2,1-4H3,(H2,24,25,26);1H. The first-order valence-corrected chi connectivity index (χ1v) is 11.2. The van der Waals surface area contributed by atoms with Crippen molar-refractivity contribution >= 4 is 29.9 Å². The van der Waals surface area contributed by atoms with Crippen molar-refractivity contribution in [3.05, 3.63) is 17.7 Å². The Hall–Kier alpha value is -1.46. The number of hydrogen-bond acceptors (Lipinski definition) is 6. The number of ether oxygens (including phenoxy) is 4. The van der Waals surface area contributed by atoms with Crippen molar-refractivity contribution in [1.82, 2.24) is 15.5 Å². The predicted molar refractivity (Wildman–Crippen MR) is 138 cm³/mol. The fourth-order valence-corrected chi connectivity index (χ4v) is 4.37. The van der Waals surface area contributed by atoms with Gasteiger partial charge in [0.2, 0.25) is 0 Å². The molecule has 9 heteroatoms. The molecule has 8 nitrogen and oxygen atoms in total. The van der Waals surface area contributed by atoms with Crippen LogP contribution in [0.4, 0.5) is 0 Å². The van der Waals surface area contributed by atoms with Gasteiger partial charge in [0, 0.05) is 63.6 Å². The van der Waals surface area contributed by atoms with Gasteiger partial charge in [0.15, 0.2) is 5.96 Å². The molecule has 2 aliphatic heterocycles. The van der Waals surface area contributed by atoms with Crippen molar-refractivity contribution < 1.29 is 18.9 Å². The van der Waals surface area contributed by atoms with Crippen LogP contribution in [0.3, 0.4) is 0 Å². The maximum atomic E-state index is 5.55. The number of halogens is 1. The SMILES string of the molecule is CN=C(NCCc1c(OC)cc(OC)cc1OC)NC1CCN(CC2CCOC2)CC1.I. The third-order valence-corrected chi connectivity index (χ3v) is 6.18. The van der Waals surface area contributed by atoms with E-state index < -0.39 is 0 Å². The number of aliphatic imine (C=N–C) groups is 1. The van der Waals surface area contributed by atoms with E-state index in [9.17, 15) is 0 Å². The lowest BCUT2D eigenvalue weighted by molar-refractivity contribution is 0.150. The van der Waals surface area contributed by atoms with Crippen LogP contribution in [0.5, 0.6) is 17.2 Å². The number of guanidine groups is 1. The Kier molecular flexibility index (Phi) is 11.7. The van der Waals surface area contributed by atoms with Crippen LogP contribution in [0.1, 0.15) is 24.8 Å². The van der Waals surface area contributed by atoms with Gasteiger partial charge in [-0.1, -0.05) is 0 Å². The fraction of sp³-hybridized carbons (Fsp3) is 0.696. The van der Waals surface area contributed by atoms with Gasteiger partial charge in [0.05, 0.1) is 27.9 Å². The normalized spacial score (nSPS) is 19.9. The monoisotopic (exact) mass is 562 g/mol. The summed E-state index contributed by atoms with van der Waals surface area (Å²) in [6.45, 7) is 6.01. The van der Waals surface area contributed by atoms with Crippen molar-refractivity contribution in [1.29, 1.82) is 0 Å². The van der Waals surface area contributed by atoms with E-state index in [1.807, 2.05) is 19.2 Å². The number of benzene rings is 1. The number of rotatable bonds is 9. The van der Waals surface area contributed by atoms with Gasteiger partial charge >= 0.3 is 0 Å². The number of hydrogen-bond donors (Lipinski definition) is 2. The van der Waals surface area contributed by atoms with Crippen LogP contribution in [0.2, 0.25) is 0 Å². The molecule has 1 unspecified atom stereocenters. The second kappa shape index (κ2) is 13.9. The molecule has 1 aromatic rings. The van der Waals surface area contributed by atoms with Crippen LogP contribution >= 0.6 is 24.0 Å². The summed E-state index contributed by atoms with van der Waals surface area (Å²) in [6, 6.07) is 4.22. The molecule has 0 bridgehead atoms. The molecule has 0 aliphatic carbocycles. The highest BCUT2D eigenvalue weighted by molar-refractivity contribution is 14.0. The van der Waals surface area contributed by atoms with Crippen LogP contribution in [-0.4, -0.2) is 84.7 Å². The molecule has 2 heterocycles. The van der Waals surface area contributed by atoms with Crippen molar-refractivity contribution in [3.8, 4) is 17.2 Å². The molecule has 182 valence electrons. The lowest BCUT2D eigenvalue weighted by Gasteiger charge is -2.34. The molecule has 0 amide bonds. The zero-order valence-corrected chi connectivity index (χ0v) is 22.1. The first-order valence-electron chi connectivity index (χ1n) is 11.2. The van der Waals surface area contributed by atoms with Gasteiger partial charge in [0.25, 0.3) is 0 Å². The smallest absolute Gasteiger partial charge is 0.191 e. The topological polar surface area (TPSA) is 76.6 Å². The van der Waals surface area contributed by atoms with Crippen molar-refractivity contribution in [2.24, 2.45) is 10.9 Å². The Labute approximate surface area is 209 Å². The second-order valence-corrected chi connectivity index (χ2v) is 8.21. The summed E-state index contributed by atoms with van der Waals surface area (Å²) in [4.78, 5) is 6.99. The average molecular weight is 562 g/mol. The Balaban J connectivity index is 0.00000363. The molecule has 0 spiro atoms. The molecule has 3 rings (SSSR count). The Morgan fingerprint density at radius 2 is 1.78 bits per heavy atom. The van der Waals surface area contributed by atoms with E-state index in [1.165, 1.54) is 13.0 Å². The summed E-state index contributed by atoms with van der Waals surface area (Å²) in [7, 11) is 6.79. The molecule has 1 aromatic carbocycles. The minimum absolute atomic E-state index is 0. The Morgan fingerprint density at radius 1 is 1.09 bits per heavy atom. The molecule has 32 heavy (non-hydrogen) atoms. The summed E-state index contributed by atoms with van der Waals surface area (Å²) in [5.74, 6) is 3.80. The van der Waals surface area contributed by atoms with Gasteiger partial charge in [0.1, 0.15) is 17.2 Å². The first kappa shape index (κ1) is 26.8. The minimum Gasteiger partial charge on any atom is -0.496 e. The minimum atomic E-state index is 0. The largest absolute Gasteiger partial charge is 0.496 e. The van der Waals surface area contributed by atoms with Gasteiger partial charge < -0.3 is 34.5 Å². The molecule has 0 saturated carbocycles. The summed E-state index contributed by atoms with van der Waals surface area (Å²) < 4.78 is 21.9. The highest BCUT2D eigenvalue weighted by Gasteiger charge is 2.24. The molecular formula is C23H39IN4O4. The van der Waals surface area contributed by atoms with Crippen LogP contribution in [0.25, 0.3) is 0 Å². The molecule has 2 fully saturated rings. The highest BCUT2D eigenvalue weighted by atomic mass is 127. The Bertz CT molecular complexity index is 695. The van der Waals surface area contributed by atoms with Crippen LogP contribution < -0.4 is 24.8 Å². The highest BCUT2D eigenvalue weighted by Crippen LogP contribution is 2.34. The van der Waals surface area contributed by atoms with Gasteiger partial charge in [-0.3, -0.25) is 4.99 Å². The lowest BCUT2D eigenvalue weighted by Crippen LogP contribution is -2.49. The predicted octanol–water partition coefficient (Wildman–Crippen LogP) is 2.54. The summed E-state index contributed by atoms with van der Waals surface area (Å²) in [6.07, 6.45) is 4.22. The van der Waals surface area contributed by atoms with Crippen LogP contribution in [-0.2, 0) is 11.2 Å². The van der Waals surface area contributed by atoms with E-state index in [1.54, 1.807) is 21.3 Å². The average Bonchev–Trinajstić information content (AvgIpc) is 3.32. The second-order valence-electron chi connectivity index (χ2n) is 8.21. The molecule has 0 aromatic heterocycles. The molecule has 2 saturated heterocycles. The van der Waals surface area contributed by atoms with E-state index in [2.05, 4.69) is 20.5 Å². The number of nitrogens with zero attached hydrogens (tertiary/aromatic N) is 2. The number of methoxy groups -OCH3 is 3. The maximum Gasteiger partial charge on any atom is 0.191 e. The quantitative estimate of drug-likeness (QED) is 0.272.